The summed E-state index contributed by atoms with van der Waals surface area (Å²) in [6, 6.07) is 5.70. The van der Waals surface area contributed by atoms with Crippen molar-refractivity contribution in [3.8, 4) is 0 Å². The van der Waals surface area contributed by atoms with E-state index in [1.54, 1.807) is 17.0 Å². The zero-order valence-electron chi connectivity index (χ0n) is 15.4. The fourth-order valence-electron chi connectivity index (χ4n) is 2.64. The molecule has 0 aliphatic carbocycles. The Kier molecular flexibility index (Phi) is 7.12. The summed E-state index contributed by atoms with van der Waals surface area (Å²) >= 11 is 5.45. The number of anilines is 3. The van der Waals surface area contributed by atoms with Gasteiger partial charge >= 0.3 is 5.69 Å². The summed E-state index contributed by atoms with van der Waals surface area (Å²) in [6.45, 7) is 4.76. The van der Waals surface area contributed by atoms with E-state index in [9.17, 15) is 14.0 Å². The van der Waals surface area contributed by atoms with Crippen molar-refractivity contribution in [3.05, 3.63) is 50.9 Å². The smallest absolute Gasteiger partial charge is 0.330 e. The van der Waals surface area contributed by atoms with E-state index in [1.807, 2.05) is 13.8 Å². The number of thiocarbonyl (C=S) groups is 1. The summed E-state index contributed by atoms with van der Waals surface area (Å²) in [5.74, 6) is -0.283. The van der Waals surface area contributed by atoms with Crippen molar-refractivity contribution in [2.24, 2.45) is 0 Å². The van der Waals surface area contributed by atoms with Gasteiger partial charge in [-0.1, -0.05) is 20.3 Å². The Morgan fingerprint density at radius 1 is 1.26 bits per heavy atom. The van der Waals surface area contributed by atoms with Gasteiger partial charge in [0.1, 0.15) is 11.6 Å². The minimum Gasteiger partial charge on any atom is -0.383 e. The number of hydrogen-bond donors (Lipinski definition) is 3. The van der Waals surface area contributed by atoms with Gasteiger partial charge in [-0.05, 0) is 49.3 Å². The molecule has 0 atom stereocenters. The van der Waals surface area contributed by atoms with E-state index in [-0.39, 0.29) is 22.4 Å². The number of unbranched alkanes of at least 4 members (excludes halogenated alkanes) is 1. The number of nitrogens with one attached hydrogen (secondary N) is 2. The van der Waals surface area contributed by atoms with Gasteiger partial charge in [-0.25, -0.2) is 9.18 Å². The van der Waals surface area contributed by atoms with Crippen LogP contribution in [0, 0.1) is 5.82 Å². The Labute approximate surface area is 162 Å². The van der Waals surface area contributed by atoms with Crippen molar-refractivity contribution < 1.29 is 4.39 Å². The first-order valence-electron chi connectivity index (χ1n) is 8.85. The predicted octanol–water partition coefficient (Wildman–Crippen LogP) is 2.67. The Balaban J connectivity index is 2.42. The van der Waals surface area contributed by atoms with Gasteiger partial charge in [0.05, 0.1) is 0 Å². The summed E-state index contributed by atoms with van der Waals surface area (Å²) in [5.41, 5.74) is 5.75. The highest BCUT2D eigenvalue weighted by Crippen LogP contribution is 2.19. The number of aromatic amines is 1. The SMILES string of the molecule is CCCCn1c(N)c(N(CCC)C(=S)Nc2ccc(F)cc2)c(=O)[nH]c1=O. The average Bonchev–Trinajstić information content (AvgIpc) is 2.62. The standard InChI is InChI=1S/C18H24FN5O2S/c1-3-5-11-24-15(20)14(16(25)22-17(24)26)23(10-4-2)18(27)21-13-8-6-12(19)7-9-13/h6-9H,3-5,10-11,20H2,1-2H3,(H,21,27)(H,22,25,26). The van der Waals surface area contributed by atoms with Gasteiger partial charge in [0.2, 0.25) is 0 Å². The summed E-state index contributed by atoms with van der Waals surface area (Å²) in [6.07, 6.45) is 2.32. The number of aromatic nitrogens is 2. The molecule has 2 rings (SSSR count). The fraction of sp³-hybridized carbons (Fsp3) is 0.389. The highest BCUT2D eigenvalue weighted by atomic mass is 32.1. The van der Waals surface area contributed by atoms with Crippen molar-refractivity contribution in [2.75, 3.05) is 22.5 Å². The Hall–Kier alpha value is -2.68. The number of nitrogen functional groups attached to an aromatic ring is 1. The number of H-pyrrole nitrogens is 1. The van der Waals surface area contributed by atoms with Crippen LogP contribution in [-0.4, -0.2) is 21.2 Å². The molecular formula is C18H24FN5O2S. The molecule has 0 radical (unpaired) electrons. The zero-order valence-corrected chi connectivity index (χ0v) is 16.2. The molecule has 146 valence electrons. The molecular weight excluding hydrogens is 369 g/mol. The average molecular weight is 393 g/mol. The van der Waals surface area contributed by atoms with E-state index in [0.717, 1.165) is 12.8 Å². The Morgan fingerprint density at radius 2 is 1.93 bits per heavy atom. The van der Waals surface area contributed by atoms with Crippen LogP contribution in [0.25, 0.3) is 0 Å². The maximum Gasteiger partial charge on any atom is 0.330 e. The summed E-state index contributed by atoms with van der Waals surface area (Å²) in [5, 5.41) is 3.22. The number of nitrogens with zero attached hydrogens (tertiary/aromatic N) is 2. The van der Waals surface area contributed by atoms with Crippen LogP contribution in [-0.2, 0) is 6.54 Å². The van der Waals surface area contributed by atoms with Crippen molar-refractivity contribution >= 4 is 34.5 Å². The molecule has 4 N–H and O–H groups in total. The molecule has 0 bridgehead atoms. The first-order valence-corrected chi connectivity index (χ1v) is 9.26. The van der Waals surface area contributed by atoms with Crippen LogP contribution in [0.4, 0.5) is 21.6 Å². The van der Waals surface area contributed by atoms with Gasteiger partial charge in [-0.15, -0.1) is 0 Å². The highest BCUT2D eigenvalue weighted by Gasteiger charge is 2.21. The van der Waals surface area contributed by atoms with Crippen LogP contribution < -0.4 is 27.2 Å². The third kappa shape index (κ3) is 4.94. The van der Waals surface area contributed by atoms with Gasteiger partial charge < -0.3 is 16.0 Å². The molecule has 27 heavy (non-hydrogen) atoms. The van der Waals surface area contributed by atoms with Crippen molar-refractivity contribution in [2.45, 2.75) is 39.7 Å². The molecule has 7 nitrogen and oxygen atoms in total. The first-order chi connectivity index (χ1) is 12.9. The van der Waals surface area contributed by atoms with Crippen molar-refractivity contribution in [3.63, 3.8) is 0 Å². The Bertz CT molecular complexity index is 907. The monoisotopic (exact) mass is 393 g/mol. The van der Waals surface area contributed by atoms with E-state index in [2.05, 4.69) is 10.3 Å². The van der Waals surface area contributed by atoms with E-state index in [4.69, 9.17) is 18.0 Å². The van der Waals surface area contributed by atoms with Crippen LogP contribution >= 0.6 is 12.2 Å². The lowest BCUT2D eigenvalue weighted by Crippen LogP contribution is -2.43. The summed E-state index contributed by atoms with van der Waals surface area (Å²) in [4.78, 5) is 28.5. The molecule has 0 saturated heterocycles. The summed E-state index contributed by atoms with van der Waals surface area (Å²) < 4.78 is 14.4. The third-order valence-corrected chi connectivity index (χ3v) is 4.33. The van der Waals surface area contributed by atoms with Gasteiger partial charge in [0, 0.05) is 18.8 Å². The van der Waals surface area contributed by atoms with Gasteiger partial charge in [-0.3, -0.25) is 14.3 Å². The maximum absolute atomic E-state index is 13.1. The van der Waals surface area contributed by atoms with Crippen LogP contribution in [0.2, 0.25) is 0 Å². The normalized spacial score (nSPS) is 10.6. The number of halogens is 1. The van der Waals surface area contributed by atoms with Crippen molar-refractivity contribution in [1.29, 1.82) is 0 Å². The van der Waals surface area contributed by atoms with E-state index in [1.165, 1.54) is 16.7 Å². The first kappa shape index (κ1) is 20.6. The van der Waals surface area contributed by atoms with Gasteiger partial charge in [-0.2, -0.15) is 0 Å². The second-order valence-corrected chi connectivity index (χ2v) is 6.47. The molecule has 1 heterocycles. The molecule has 2 aromatic rings. The highest BCUT2D eigenvalue weighted by molar-refractivity contribution is 7.80. The zero-order chi connectivity index (χ0) is 20.0. The van der Waals surface area contributed by atoms with Crippen LogP contribution in [0.15, 0.2) is 33.9 Å². The van der Waals surface area contributed by atoms with Crippen LogP contribution in [0.1, 0.15) is 33.1 Å². The molecule has 1 aromatic carbocycles. The fourth-order valence-corrected chi connectivity index (χ4v) is 2.94. The molecule has 0 unspecified atom stereocenters. The minimum atomic E-state index is -0.595. The van der Waals surface area contributed by atoms with Gasteiger partial charge in [0.15, 0.2) is 10.8 Å². The lowest BCUT2D eigenvalue weighted by atomic mass is 10.3. The quantitative estimate of drug-likeness (QED) is 0.626. The molecule has 0 aliphatic heterocycles. The molecule has 0 amide bonds. The van der Waals surface area contributed by atoms with E-state index >= 15 is 0 Å². The molecule has 0 saturated carbocycles. The molecule has 0 fully saturated rings. The van der Waals surface area contributed by atoms with E-state index in [0.29, 0.717) is 25.2 Å². The third-order valence-electron chi connectivity index (χ3n) is 4.01. The molecule has 1 aromatic heterocycles. The number of hydrogen-bond acceptors (Lipinski definition) is 4. The topological polar surface area (TPSA) is 96.2 Å². The van der Waals surface area contributed by atoms with Crippen LogP contribution in [0.3, 0.4) is 0 Å². The largest absolute Gasteiger partial charge is 0.383 e. The minimum absolute atomic E-state index is 0.0777. The molecule has 0 aliphatic rings. The lowest BCUT2D eigenvalue weighted by Gasteiger charge is -2.26. The predicted molar refractivity (Wildman–Crippen MR) is 111 cm³/mol. The second-order valence-electron chi connectivity index (χ2n) is 6.09. The number of rotatable bonds is 7. The molecule has 0 spiro atoms. The second kappa shape index (κ2) is 9.31. The Morgan fingerprint density at radius 3 is 2.52 bits per heavy atom. The van der Waals surface area contributed by atoms with E-state index < -0.39 is 11.2 Å². The number of nitrogens with two attached hydrogens (primary N) is 1. The van der Waals surface area contributed by atoms with Crippen LogP contribution in [0.5, 0.6) is 0 Å². The lowest BCUT2D eigenvalue weighted by molar-refractivity contribution is 0.604. The van der Waals surface area contributed by atoms with Crippen molar-refractivity contribution in [1.82, 2.24) is 9.55 Å². The maximum atomic E-state index is 13.1. The molecule has 9 heteroatoms. The number of benzene rings is 1. The van der Waals surface area contributed by atoms with Gasteiger partial charge in [0.25, 0.3) is 5.56 Å². The summed E-state index contributed by atoms with van der Waals surface area (Å²) in [7, 11) is 0.